The Kier molecular flexibility index (Phi) is 3.11. The first-order valence-electron chi connectivity index (χ1n) is 4.90. The summed E-state index contributed by atoms with van der Waals surface area (Å²) in [6, 6.07) is 7.06. The van der Waals surface area contributed by atoms with Crippen molar-refractivity contribution in [1.82, 2.24) is 10.1 Å². The van der Waals surface area contributed by atoms with Crippen LogP contribution in [0.3, 0.4) is 0 Å². The molecule has 0 aliphatic heterocycles. The molecular formula is C10H12N4O2. The SMILES string of the molecule is COCCNc1nc2ccccc2[n+]([O-])n1. The van der Waals surface area contributed by atoms with Crippen LogP contribution in [0.25, 0.3) is 11.0 Å². The van der Waals surface area contributed by atoms with Gasteiger partial charge in [0, 0.05) is 19.7 Å². The molecule has 16 heavy (non-hydrogen) atoms. The molecule has 1 aromatic heterocycles. The Morgan fingerprint density at radius 1 is 1.44 bits per heavy atom. The quantitative estimate of drug-likeness (QED) is 0.456. The highest BCUT2D eigenvalue weighted by atomic mass is 16.5. The predicted octanol–water partition coefficient (Wildman–Crippen LogP) is 0.321. The number of hydrogen-bond acceptors (Lipinski definition) is 5. The molecule has 0 aliphatic carbocycles. The van der Waals surface area contributed by atoms with E-state index in [1.807, 2.05) is 6.07 Å². The molecule has 0 amide bonds. The molecule has 0 unspecified atom stereocenters. The lowest BCUT2D eigenvalue weighted by atomic mass is 10.3. The Labute approximate surface area is 92.5 Å². The van der Waals surface area contributed by atoms with Crippen LogP contribution in [0.5, 0.6) is 0 Å². The van der Waals surface area contributed by atoms with Gasteiger partial charge in [-0.1, -0.05) is 12.1 Å². The first kappa shape index (κ1) is 10.6. The third kappa shape index (κ3) is 2.17. The van der Waals surface area contributed by atoms with Crippen molar-refractivity contribution in [2.45, 2.75) is 0 Å². The summed E-state index contributed by atoms with van der Waals surface area (Å²) >= 11 is 0. The summed E-state index contributed by atoms with van der Waals surface area (Å²) in [4.78, 5) is 4.78. The van der Waals surface area contributed by atoms with Crippen molar-refractivity contribution >= 4 is 17.0 Å². The zero-order valence-corrected chi connectivity index (χ0v) is 8.88. The van der Waals surface area contributed by atoms with E-state index in [2.05, 4.69) is 15.4 Å². The Hall–Kier alpha value is -1.95. The van der Waals surface area contributed by atoms with Gasteiger partial charge in [0.15, 0.2) is 0 Å². The van der Waals surface area contributed by atoms with E-state index < -0.39 is 0 Å². The van der Waals surface area contributed by atoms with E-state index in [4.69, 9.17) is 4.74 Å². The van der Waals surface area contributed by atoms with Gasteiger partial charge >= 0.3 is 0 Å². The molecule has 1 N–H and O–H groups in total. The lowest BCUT2D eigenvalue weighted by Gasteiger charge is -2.04. The molecular weight excluding hydrogens is 208 g/mol. The predicted molar refractivity (Wildman–Crippen MR) is 58.9 cm³/mol. The first-order chi connectivity index (χ1) is 7.81. The van der Waals surface area contributed by atoms with Gasteiger partial charge in [-0.05, 0) is 10.9 Å². The summed E-state index contributed by atoms with van der Waals surface area (Å²) < 4.78 is 4.88. The van der Waals surface area contributed by atoms with Crippen LogP contribution >= 0.6 is 0 Å². The van der Waals surface area contributed by atoms with Gasteiger partial charge in [0.25, 0.3) is 11.5 Å². The zero-order valence-electron chi connectivity index (χ0n) is 8.88. The lowest BCUT2D eigenvalue weighted by Crippen LogP contribution is -2.33. The van der Waals surface area contributed by atoms with E-state index in [0.29, 0.717) is 35.0 Å². The van der Waals surface area contributed by atoms with Crippen LogP contribution in [0.4, 0.5) is 5.95 Å². The van der Waals surface area contributed by atoms with Crippen LogP contribution in [0.15, 0.2) is 24.3 Å². The minimum atomic E-state index is 0.311. The summed E-state index contributed by atoms with van der Waals surface area (Å²) in [5.74, 6) is 0.311. The standard InChI is InChI=1S/C10H12N4O2/c1-16-7-6-11-10-12-8-4-2-3-5-9(8)14(15)13-10/h2-5H,6-7H2,1H3,(H,11,12,13). The molecule has 0 spiro atoms. The molecule has 84 valence electrons. The van der Waals surface area contributed by atoms with Crippen LogP contribution < -0.4 is 10.2 Å². The van der Waals surface area contributed by atoms with E-state index in [1.54, 1.807) is 25.3 Å². The number of anilines is 1. The maximum atomic E-state index is 11.5. The topological polar surface area (TPSA) is 74.0 Å². The van der Waals surface area contributed by atoms with E-state index >= 15 is 0 Å². The number of methoxy groups -OCH3 is 1. The van der Waals surface area contributed by atoms with Gasteiger partial charge in [-0.25, -0.2) is 4.98 Å². The summed E-state index contributed by atoms with van der Waals surface area (Å²) in [5.41, 5.74) is 1.08. The first-order valence-corrected chi connectivity index (χ1v) is 4.90. The number of nitrogens with one attached hydrogen (secondary N) is 1. The number of benzene rings is 1. The van der Waals surface area contributed by atoms with Gasteiger partial charge in [0.05, 0.1) is 11.7 Å². The molecule has 2 rings (SSSR count). The summed E-state index contributed by atoms with van der Waals surface area (Å²) in [6.07, 6.45) is 0. The third-order valence-corrected chi connectivity index (χ3v) is 2.09. The Morgan fingerprint density at radius 2 is 2.25 bits per heavy atom. The average Bonchev–Trinajstić information content (AvgIpc) is 2.30. The van der Waals surface area contributed by atoms with E-state index in [9.17, 15) is 5.21 Å². The zero-order chi connectivity index (χ0) is 11.4. The Balaban J connectivity index is 2.27. The summed E-state index contributed by atoms with van der Waals surface area (Å²) in [7, 11) is 1.61. The largest absolute Gasteiger partial charge is 0.594 e. The van der Waals surface area contributed by atoms with Crippen LogP contribution in [0, 0.1) is 5.21 Å². The number of nitrogens with zero attached hydrogens (tertiary/aromatic N) is 3. The number of para-hydroxylation sites is 2. The fourth-order valence-corrected chi connectivity index (χ4v) is 1.34. The molecule has 0 saturated heterocycles. The molecule has 1 heterocycles. The van der Waals surface area contributed by atoms with Crippen molar-refractivity contribution in [1.29, 1.82) is 0 Å². The highest BCUT2D eigenvalue weighted by molar-refractivity contribution is 5.71. The summed E-state index contributed by atoms with van der Waals surface area (Å²) in [5, 5.41) is 18.2. The van der Waals surface area contributed by atoms with Gasteiger partial charge in [0.2, 0.25) is 0 Å². The molecule has 0 saturated carbocycles. The second-order valence-corrected chi connectivity index (χ2v) is 3.22. The normalized spacial score (nSPS) is 10.6. The molecule has 6 nitrogen and oxygen atoms in total. The van der Waals surface area contributed by atoms with Gasteiger partial charge < -0.3 is 15.3 Å². The summed E-state index contributed by atoms with van der Waals surface area (Å²) in [6.45, 7) is 1.10. The minimum Gasteiger partial charge on any atom is -0.594 e. The second-order valence-electron chi connectivity index (χ2n) is 3.22. The van der Waals surface area contributed by atoms with Crippen molar-refractivity contribution in [2.75, 3.05) is 25.6 Å². The molecule has 0 aliphatic rings. The van der Waals surface area contributed by atoms with Crippen LogP contribution in [0.1, 0.15) is 0 Å². The number of aromatic nitrogens is 3. The van der Waals surface area contributed by atoms with Crippen molar-refractivity contribution < 1.29 is 9.58 Å². The molecule has 0 fully saturated rings. The highest BCUT2D eigenvalue weighted by Gasteiger charge is 2.08. The fraction of sp³-hybridized carbons (Fsp3) is 0.300. The Bertz CT molecular complexity index is 489. The fourth-order valence-electron chi connectivity index (χ4n) is 1.34. The van der Waals surface area contributed by atoms with Gasteiger partial charge in [-0.15, -0.1) is 0 Å². The highest BCUT2D eigenvalue weighted by Crippen LogP contribution is 2.06. The molecule has 2 aromatic rings. The molecule has 0 radical (unpaired) electrons. The van der Waals surface area contributed by atoms with Crippen molar-refractivity contribution in [3.8, 4) is 0 Å². The van der Waals surface area contributed by atoms with Crippen molar-refractivity contribution in [2.24, 2.45) is 0 Å². The number of hydrogen-bond donors (Lipinski definition) is 1. The van der Waals surface area contributed by atoms with Gasteiger partial charge in [-0.3, -0.25) is 0 Å². The minimum absolute atomic E-state index is 0.311. The van der Waals surface area contributed by atoms with Crippen molar-refractivity contribution in [3.63, 3.8) is 0 Å². The maximum absolute atomic E-state index is 11.5. The molecule has 0 atom stereocenters. The molecule has 1 aromatic carbocycles. The van der Waals surface area contributed by atoms with E-state index in [0.717, 1.165) is 0 Å². The average molecular weight is 220 g/mol. The van der Waals surface area contributed by atoms with Gasteiger partial charge in [0.1, 0.15) is 5.52 Å². The van der Waals surface area contributed by atoms with Crippen LogP contribution in [-0.4, -0.2) is 30.3 Å². The van der Waals surface area contributed by atoms with Crippen molar-refractivity contribution in [3.05, 3.63) is 29.5 Å². The number of rotatable bonds is 4. The third-order valence-electron chi connectivity index (χ3n) is 2.09. The smallest absolute Gasteiger partial charge is 0.290 e. The Morgan fingerprint density at radius 3 is 3.06 bits per heavy atom. The molecule has 0 bridgehead atoms. The van der Waals surface area contributed by atoms with Crippen LogP contribution in [-0.2, 0) is 4.74 Å². The van der Waals surface area contributed by atoms with E-state index in [1.165, 1.54) is 0 Å². The monoisotopic (exact) mass is 220 g/mol. The number of ether oxygens (including phenoxy) is 1. The molecule has 6 heteroatoms. The van der Waals surface area contributed by atoms with Crippen LogP contribution in [0.2, 0.25) is 0 Å². The second kappa shape index (κ2) is 4.71. The lowest BCUT2D eigenvalue weighted by molar-refractivity contribution is -0.641. The maximum Gasteiger partial charge on any atom is 0.290 e. The van der Waals surface area contributed by atoms with E-state index in [-0.39, 0.29) is 0 Å². The van der Waals surface area contributed by atoms with Gasteiger partial charge in [-0.2, -0.15) is 0 Å². The number of fused-ring (bicyclic) bond motifs is 1.